The lowest BCUT2D eigenvalue weighted by Gasteiger charge is -2.39. The summed E-state index contributed by atoms with van der Waals surface area (Å²) in [5, 5.41) is 0. The molecule has 0 aliphatic rings. The van der Waals surface area contributed by atoms with Crippen molar-refractivity contribution in [2.75, 3.05) is 0 Å². The van der Waals surface area contributed by atoms with Gasteiger partial charge in [-0.15, -0.1) is 0 Å². The number of halogens is 5. The van der Waals surface area contributed by atoms with Gasteiger partial charge in [-0.1, -0.05) is 53.6 Å². The lowest BCUT2D eigenvalue weighted by atomic mass is 10.2. The minimum Gasteiger partial charge on any atom is -0.203 e. The van der Waals surface area contributed by atoms with E-state index < -0.39 is 54.4 Å². The Morgan fingerprint density at radius 3 is 1.31 bits per heavy atom. The lowest BCUT2D eigenvalue weighted by molar-refractivity contribution is 0.354. The molecule has 0 amide bonds. The van der Waals surface area contributed by atoms with Crippen LogP contribution in [0.25, 0.3) is 0 Å². The van der Waals surface area contributed by atoms with Crippen LogP contribution in [-0.2, 0) is 13.7 Å². The van der Waals surface area contributed by atoms with Crippen LogP contribution in [0.15, 0.2) is 98.4 Å². The van der Waals surface area contributed by atoms with Crippen LogP contribution in [-0.4, -0.2) is 8.42 Å². The third-order valence-electron chi connectivity index (χ3n) is 5.39. The molecule has 10 heteroatoms. The average Bonchev–Trinajstić information content (AvgIpc) is 2.86. The van der Waals surface area contributed by atoms with Gasteiger partial charge in [0, 0.05) is 14.7 Å². The first-order valence-corrected chi connectivity index (χ1v) is 13.4. The second kappa shape index (κ2) is 9.68. The molecule has 4 aromatic carbocycles. The van der Waals surface area contributed by atoms with Crippen molar-refractivity contribution in [3.63, 3.8) is 0 Å². The van der Waals surface area contributed by atoms with Crippen LogP contribution < -0.4 is 0 Å². The number of rotatable bonds is 6. The molecule has 3 nitrogen and oxygen atoms in total. The molecule has 4 aromatic rings. The summed E-state index contributed by atoms with van der Waals surface area (Å²) >= 11 is 0. The quantitative estimate of drug-likeness (QED) is 0.144. The molecule has 0 spiro atoms. The molecule has 188 valence electrons. The zero-order chi connectivity index (χ0) is 26.3. The van der Waals surface area contributed by atoms with E-state index in [-0.39, 0.29) is 0 Å². The summed E-state index contributed by atoms with van der Waals surface area (Å²) in [5.74, 6) is -12.2. The Balaban J connectivity index is 2.08. The van der Waals surface area contributed by atoms with E-state index in [2.05, 4.69) is 0 Å². The van der Waals surface area contributed by atoms with Crippen molar-refractivity contribution < 1.29 is 34.0 Å². The fourth-order valence-corrected chi connectivity index (χ4v) is 8.87. The van der Waals surface area contributed by atoms with Crippen molar-refractivity contribution in [2.24, 2.45) is 0 Å². The molecule has 0 aliphatic carbocycles. The number of benzene rings is 4. The van der Waals surface area contributed by atoms with E-state index in [1.165, 1.54) is 0 Å². The van der Waals surface area contributed by atoms with Gasteiger partial charge in [0.1, 0.15) is 0 Å². The second-order valence-electron chi connectivity index (χ2n) is 7.92. The SMILES string of the molecule is Cc1ccc(S(OS(=O)(=O)c2c(F)c(F)c(F)c(F)c2F)(c2ccccc2)c2ccc(C)cc2)cc1. The normalized spacial score (nSPS) is 12.5. The maximum atomic E-state index is 14.6. The lowest BCUT2D eigenvalue weighted by Crippen LogP contribution is -2.19. The summed E-state index contributed by atoms with van der Waals surface area (Å²) < 4.78 is 103. The fraction of sp³-hybridized carbons (Fsp3) is 0.0769. The van der Waals surface area contributed by atoms with Gasteiger partial charge in [0.25, 0.3) is 0 Å². The van der Waals surface area contributed by atoms with Crippen molar-refractivity contribution >= 4 is 20.4 Å². The third-order valence-corrected chi connectivity index (χ3v) is 10.6. The van der Waals surface area contributed by atoms with Crippen LogP contribution in [0.4, 0.5) is 22.0 Å². The first-order chi connectivity index (χ1) is 17.0. The van der Waals surface area contributed by atoms with E-state index in [9.17, 15) is 30.4 Å². The van der Waals surface area contributed by atoms with Crippen LogP contribution in [0.2, 0.25) is 0 Å². The highest BCUT2D eigenvalue weighted by molar-refractivity contribution is 8.33. The molecule has 0 aromatic heterocycles. The van der Waals surface area contributed by atoms with Crippen LogP contribution in [0, 0.1) is 42.9 Å². The molecule has 0 aliphatic heterocycles. The van der Waals surface area contributed by atoms with Gasteiger partial charge >= 0.3 is 10.1 Å². The molecule has 4 rings (SSSR count). The van der Waals surface area contributed by atoms with Gasteiger partial charge in [-0.2, -0.15) is 8.42 Å². The largest absolute Gasteiger partial charge is 0.313 e. The van der Waals surface area contributed by atoms with Gasteiger partial charge in [0.15, 0.2) is 28.2 Å². The number of hydrogen-bond acceptors (Lipinski definition) is 3. The highest BCUT2D eigenvalue weighted by atomic mass is 32.3. The second-order valence-corrected chi connectivity index (χ2v) is 12.3. The number of aryl methyl sites for hydroxylation is 2. The zero-order valence-corrected chi connectivity index (χ0v) is 20.6. The summed E-state index contributed by atoms with van der Waals surface area (Å²) in [6.45, 7) is 3.61. The average molecular weight is 539 g/mol. The van der Waals surface area contributed by atoms with Crippen molar-refractivity contribution in [1.29, 1.82) is 0 Å². The van der Waals surface area contributed by atoms with Crippen molar-refractivity contribution in [1.82, 2.24) is 0 Å². The highest BCUT2D eigenvalue weighted by Crippen LogP contribution is 2.70. The smallest absolute Gasteiger partial charge is 0.203 e. The van der Waals surface area contributed by atoms with Gasteiger partial charge < -0.3 is 0 Å². The molecular weight excluding hydrogens is 519 g/mol. The predicted molar refractivity (Wildman–Crippen MR) is 126 cm³/mol. The van der Waals surface area contributed by atoms with E-state index >= 15 is 0 Å². The number of hydrogen-bond donors (Lipinski definition) is 0. The summed E-state index contributed by atoms with van der Waals surface area (Å²) in [6, 6.07) is 21.3. The Morgan fingerprint density at radius 1 is 0.528 bits per heavy atom. The minimum absolute atomic E-state index is 0.324. The minimum atomic E-state index is -5.57. The van der Waals surface area contributed by atoms with E-state index in [1.54, 1.807) is 78.9 Å². The van der Waals surface area contributed by atoms with E-state index in [4.69, 9.17) is 3.63 Å². The van der Waals surface area contributed by atoms with Crippen LogP contribution in [0.1, 0.15) is 11.1 Å². The van der Waals surface area contributed by atoms with Crippen LogP contribution >= 0.6 is 10.3 Å². The molecule has 0 N–H and O–H groups in total. The summed E-state index contributed by atoms with van der Waals surface area (Å²) in [6.07, 6.45) is 0. The molecule has 36 heavy (non-hydrogen) atoms. The fourth-order valence-electron chi connectivity index (χ4n) is 3.57. The molecular formula is C26H19F5O3S2. The Labute approximate surface area is 206 Å². The maximum Gasteiger partial charge on any atom is 0.313 e. The third kappa shape index (κ3) is 4.40. The monoisotopic (exact) mass is 538 g/mol. The maximum absolute atomic E-state index is 14.6. The molecule has 0 fully saturated rings. The van der Waals surface area contributed by atoms with E-state index in [0.717, 1.165) is 11.1 Å². The van der Waals surface area contributed by atoms with Crippen molar-refractivity contribution in [2.45, 2.75) is 33.4 Å². The molecule has 0 saturated heterocycles. The Bertz CT molecular complexity index is 1450. The predicted octanol–water partition coefficient (Wildman–Crippen LogP) is 7.60. The molecule has 0 unspecified atom stereocenters. The Hall–Kier alpha value is -3.21. The Kier molecular flexibility index (Phi) is 6.96. The first-order valence-electron chi connectivity index (χ1n) is 10.5. The molecule has 0 bridgehead atoms. The summed E-state index contributed by atoms with van der Waals surface area (Å²) in [7, 11) is -8.87. The van der Waals surface area contributed by atoms with Crippen molar-refractivity contribution in [3.05, 3.63) is 119 Å². The molecule has 0 radical (unpaired) electrons. The molecule has 0 saturated carbocycles. The van der Waals surface area contributed by atoms with Crippen LogP contribution in [0.5, 0.6) is 0 Å². The van der Waals surface area contributed by atoms with Gasteiger partial charge in [-0.3, -0.25) is 0 Å². The van der Waals surface area contributed by atoms with E-state index in [1.807, 2.05) is 13.8 Å². The summed E-state index contributed by atoms with van der Waals surface area (Å²) in [5.41, 5.74) is 1.68. The Morgan fingerprint density at radius 2 is 0.889 bits per heavy atom. The van der Waals surface area contributed by atoms with Crippen molar-refractivity contribution in [3.8, 4) is 0 Å². The molecule has 0 heterocycles. The van der Waals surface area contributed by atoms with Crippen LogP contribution in [0.3, 0.4) is 0 Å². The topological polar surface area (TPSA) is 43.4 Å². The standard InChI is InChI=1S/C26H19F5O3S2/c1-16-8-12-19(13-9-16)35(18-6-4-3-5-7-18,20-14-10-17(2)11-15-20)34-36(32,33)26-24(30)22(28)21(27)23(29)25(26)31/h3-15H,1-2H3. The van der Waals surface area contributed by atoms with Gasteiger partial charge in [0.05, 0.1) is 0 Å². The van der Waals surface area contributed by atoms with Gasteiger partial charge in [-0.25, -0.2) is 25.6 Å². The highest BCUT2D eigenvalue weighted by Gasteiger charge is 2.42. The van der Waals surface area contributed by atoms with E-state index in [0.29, 0.717) is 14.7 Å². The molecule has 0 atom stereocenters. The summed E-state index contributed by atoms with van der Waals surface area (Å²) in [4.78, 5) is -1.07. The zero-order valence-electron chi connectivity index (χ0n) is 18.9. The van der Waals surface area contributed by atoms with Gasteiger partial charge in [0.2, 0.25) is 5.82 Å². The van der Waals surface area contributed by atoms with Gasteiger partial charge in [-0.05, 0) is 60.6 Å². The first kappa shape index (κ1) is 25.9.